The molecule has 0 spiro atoms. The Balaban J connectivity index is 1.06. The van der Waals surface area contributed by atoms with Gasteiger partial charge in [-0.1, -0.05) is 212 Å². The molecule has 63 heavy (non-hydrogen) atoms. The van der Waals surface area contributed by atoms with E-state index in [0.717, 1.165) is 17.1 Å². The summed E-state index contributed by atoms with van der Waals surface area (Å²) in [5.74, 6) is 0. The molecule has 12 rings (SSSR count). The quantitative estimate of drug-likeness (QED) is 0.145. The first-order chi connectivity index (χ1) is 31.3. The Morgan fingerprint density at radius 2 is 0.619 bits per heavy atom. The van der Waals surface area contributed by atoms with Crippen LogP contribution in [-0.4, -0.2) is 0 Å². The van der Waals surface area contributed by atoms with Gasteiger partial charge in [-0.15, -0.1) is 0 Å². The SMILES string of the molecule is c1ccc(-c2c(-c3ccccc3)c3cc(N(c4ccc(-c5cccc6ccccc56)cc4)c4ccc(-c5cccc6c5ccc5ccccc56)cc4)ccc3c3ccccc23)cc1. The van der Waals surface area contributed by atoms with Crippen molar-refractivity contribution in [3.8, 4) is 44.5 Å². The van der Waals surface area contributed by atoms with Crippen molar-refractivity contribution in [3.63, 3.8) is 0 Å². The summed E-state index contributed by atoms with van der Waals surface area (Å²) in [6.45, 7) is 0. The van der Waals surface area contributed by atoms with Crippen molar-refractivity contribution < 1.29 is 0 Å². The van der Waals surface area contributed by atoms with Gasteiger partial charge in [0.2, 0.25) is 0 Å². The fraction of sp³-hybridized carbons (Fsp3) is 0. The molecule has 1 heteroatoms. The molecule has 294 valence electrons. The lowest BCUT2D eigenvalue weighted by Gasteiger charge is -2.27. The minimum atomic E-state index is 1.09. The second-order valence-corrected chi connectivity index (χ2v) is 16.4. The Morgan fingerprint density at radius 3 is 1.27 bits per heavy atom. The summed E-state index contributed by atoms with van der Waals surface area (Å²) in [6, 6.07) is 91.1. The van der Waals surface area contributed by atoms with Gasteiger partial charge in [-0.3, -0.25) is 0 Å². The van der Waals surface area contributed by atoms with E-state index in [1.54, 1.807) is 0 Å². The molecule has 0 N–H and O–H groups in total. The molecule has 0 atom stereocenters. The third-order valence-electron chi connectivity index (χ3n) is 12.8. The number of benzene rings is 12. The average molecular weight is 800 g/mol. The number of fused-ring (bicyclic) bond motifs is 7. The van der Waals surface area contributed by atoms with Gasteiger partial charge in [-0.05, 0) is 135 Å². The Kier molecular flexibility index (Phi) is 8.90. The van der Waals surface area contributed by atoms with Crippen LogP contribution in [0.4, 0.5) is 17.1 Å². The van der Waals surface area contributed by atoms with E-state index in [0.29, 0.717) is 0 Å². The zero-order chi connectivity index (χ0) is 41.7. The van der Waals surface area contributed by atoms with Crippen LogP contribution in [0.1, 0.15) is 0 Å². The first-order valence-corrected chi connectivity index (χ1v) is 21.8. The Hall–Kier alpha value is -8.26. The maximum Gasteiger partial charge on any atom is 0.0468 e. The van der Waals surface area contributed by atoms with Crippen molar-refractivity contribution in [2.75, 3.05) is 4.90 Å². The summed E-state index contributed by atoms with van der Waals surface area (Å²) in [4.78, 5) is 2.42. The molecule has 0 fully saturated rings. The standard InChI is InChI=1S/C62H41N/c1-3-17-46(18-4-1)61-59-25-12-11-24-56(59)58-40-38-50(41-60(58)62(61)47-19-5-2-6-20-47)63(48-34-29-44(30-35-48)52-26-13-21-42-15-7-9-22-51(42)52)49-36-31-45(32-37-49)54-27-14-28-55-53-23-10-8-16-43(53)33-39-57(54)55/h1-41H. The number of rotatable bonds is 7. The minimum Gasteiger partial charge on any atom is -0.310 e. The fourth-order valence-corrected chi connectivity index (χ4v) is 9.92. The van der Waals surface area contributed by atoms with E-state index >= 15 is 0 Å². The monoisotopic (exact) mass is 799 g/mol. The van der Waals surface area contributed by atoms with Gasteiger partial charge in [0.1, 0.15) is 0 Å². The van der Waals surface area contributed by atoms with Gasteiger partial charge in [0.15, 0.2) is 0 Å². The predicted octanol–water partition coefficient (Wildman–Crippen LogP) is 17.6. The lowest BCUT2D eigenvalue weighted by molar-refractivity contribution is 1.29. The molecule has 0 bridgehead atoms. The zero-order valence-electron chi connectivity index (χ0n) is 34.6. The molecule has 0 aliphatic rings. The van der Waals surface area contributed by atoms with Crippen LogP contribution in [0.2, 0.25) is 0 Å². The van der Waals surface area contributed by atoms with Gasteiger partial charge in [0.05, 0.1) is 0 Å². The van der Waals surface area contributed by atoms with Gasteiger partial charge in [0, 0.05) is 17.1 Å². The molecular formula is C62H41N. The molecular weight excluding hydrogens is 759 g/mol. The largest absolute Gasteiger partial charge is 0.310 e. The highest BCUT2D eigenvalue weighted by Gasteiger charge is 2.21. The molecule has 0 amide bonds. The van der Waals surface area contributed by atoms with Crippen LogP contribution < -0.4 is 4.90 Å². The number of hydrogen-bond donors (Lipinski definition) is 0. The molecule has 0 heterocycles. The second kappa shape index (κ2) is 15.3. The van der Waals surface area contributed by atoms with E-state index in [2.05, 4.69) is 254 Å². The van der Waals surface area contributed by atoms with Crippen molar-refractivity contribution in [2.45, 2.75) is 0 Å². The van der Waals surface area contributed by atoms with E-state index in [1.807, 2.05) is 0 Å². The predicted molar refractivity (Wildman–Crippen MR) is 270 cm³/mol. The molecule has 1 nitrogen and oxygen atoms in total. The van der Waals surface area contributed by atoms with E-state index in [4.69, 9.17) is 0 Å². The highest BCUT2D eigenvalue weighted by molar-refractivity contribution is 6.22. The number of nitrogens with zero attached hydrogens (tertiary/aromatic N) is 1. The topological polar surface area (TPSA) is 3.24 Å². The minimum absolute atomic E-state index is 1.09. The van der Waals surface area contributed by atoms with E-state index < -0.39 is 0 Å². The summed E-state index contributed by atoms with van der Waals surface area (Å²) in [5, 5.41) is 12.5. The van der Waals surface area contributed by atoms with Crippen LogP contribution in [0.15, 0.2) is 249 Å². The van der Waals surface area contributed by atoms with E-state index in [9.17, 15) is 0 Å². The zero-order valence-corrected chi connectivity index (χ0v) is 34.6. The van der Waals surface area contributed by atoms with Crippen LogP contribution in [0.5, 0.6) is 0 Å². The summed E-state index contributed by atoms with van der Waals surface area (Å²) < 4.78 is 0. The molecule has 12 aromatic carbocycles. The van der Waals surface area contributed by atoms with Gasteiger partial charge in [0.25, 0.3) is 0 Å². The first-order valence-electron chi connectivity index (χ1n) is 21.8. The van der Waals surface area contributed by atoms with Gasteiger partial charge in [-0.25, -0.2) is 0 Å². The summed E-state index contributed by atoms with van der Waals surface area (Å²) in [6.07, 6.45) is 0. The van der Waals surface area contributed by atoms with Gasteiger partial charge in [-0.2, -0.15) is 0 Å². The molecule has 0 saturated carbocycles. The van der Waals surface area contributed by atoms with Crippen LogP contribution in [0, 0.1) is 0 Å². The number of hydrogen-bond acceptors (Lipinski definition) is 1. The summed E-state index contributed by atoms with van der Waals surface area (Å²) >= 11 is 0. The first kappa shape index (κ1) is 36.6. The molecule has 0 unspecified atom stereocenters. The average Bonchev–Trinajstić information content (AvgIpc) is 3.36. The third-order valence-corrected chi connectivity index (χ3v) is 12.8. The molecule has 0 saturated heterocycles. The van der Waals surface area contributed by atoms with E-state index in [1.165, 1.54) is 98.4 Å². The third kappa shape index (κ3) is 6.33. The van der Waals surface area contributed by atoms with Crippen molar-refractivity contribution in [2.24, 2.45) is 0 Å². The molecule has 0 aromatic heterocycles. The fourth-order valence-electron chi connectivity index (χ4n) is 9.92. The van der Waals surface area contributed by atoms with Gasteiger partial charge >= 0.3 is 0 Å². The molecule has 0 radical (unpaired) electrons. The molecule has 0 aliphatic carbocycles. The highest BCUT2D eigenvalue weighted by atomic mass is 15.1. The van der Waals surface area contributed by atoms with Gasteiger partial charge < -0.3 is 4.90 Å². The van der Waals surface area contributed by atoms with Crippen LogP contribution in [0.25, 0.3) is 98.4 Å². The molecule has 0 aliphatic heterocycles. The number of anilines is 3. The molecule has 12 aromatic rings. The smallest absolute Gasteiger partial charge is 0.0468 e. The van der Waals surface area contributed by atoms with Crippen molar-refractivity contribution in [3.05, 3.63) is 249 Å². The highest BCUT2D eigenvalue weighted by Crippen LogP contribution is 2.47. The van der Waals surface area contributed by atoms with Crippen LogP contribution >= 0.6 is 0 Å². The Bertz CT molecular complexity index is 3640. The normalized spacial score (nSPS) is 11.5. The summed E-state index contributed by atoms with van der Waals surface area (Å²) in [5.41, 5.74) is 13.0. The maximum absolute atomic E-state index is 2.42. The van der Waals surface area contributed by atoms with Crippen molar-refractivity contribution in [1.29, 1.82) is 0 Å². The summed E-state index contributed by atoms with van der Waals surface area (Å²) in [7, 11) is 0. The van der Waals surface area contributed by atoms with Crippen LogP contribution in [-0.2, 0) is 0 Å². The lowest BCUT2D eigenvalue weighted by atomic mass is 9.85. The second-order valence-electron chi connectivity index (χ2n) is 16.4. The maximum atomic E-state index is 2.42. The van der Waals surface area contributed by atoms with Crippen LogP contribution in [0.3, 0.4) is 0 Å². The van der Waals surface area contributed by atoms with E-state index in [-0.39, 0.29) is 0 Å². The lowest BCUT2D eigenvalue weighted by Crippen LogP contribution is -2.10. The van der Waals surface area contributed by atoms with Crippen molar-refractivity contribution >= 4 is 70.9 Å². The van der Waals surface area contributed by atoms with Crippen molar-refractivity contribution in [1.82, 2.24) is 0 Å². The Labute approximate surface area is 367 Å². The Morgan fingerprint density at radius 1 is 0.206 bits per heavy atom.